The van der Waals surface area contributed by atoms with E-state index in [0.29, 0.717) is 31.9 Å². The molecule has 0 saturated heterocycles. The SMILES string of the molecule is Clc1ccc(-c2conc2-c2ccc(-c3noc(C(Cl)Cl)n3)c(Cl)c2)c(Cl)c1. The van der Waals surface area contributed by atoms with E-state index in [-0.39, 0.29) is 11.7 Å². The Labute approximate surface area is 184 Å². The maximum absolute atomic E-state index is 6.43. The molecule has 2 aromatic heterocycles. The van der Waals surface area contributed by atoms with Crippen molar-refractivity contribution in [2.24, 2.45) is 0 Å². The predicted molar refractivity (Wildman–Crippen MR) is 110 cm³/mol. The first kappa shape index (κ1) is 19.6. The molecule has 0 radical (unpaired) electrons. The Bertz CT molecular complexity index is 1160. The molecule has 0 fully saturated rings. The smallest absolute Gasteiger partial charge is 0.260 e. The molecule has 2 heterocycles. The first-order chi connectivity index (χ1) is 13.4. The Hall–Kier alpha value is -1.76. The Morgan fingerprint density at radius 1 is 0.821 bits per heavy atom. The van der Waals surface area contributed by atoms with Gasteiger partial charge in [-0.15, -0.1) is 0 Å². The molecule has 0 unspecified atom stereocenters. The Kier molecular flexibility index (Phi) is 5.54. The average Bonchev–Trinajstić information content (AvgIpc) is 3.31. The van der Waals surface area contributed by atoms with Gasteiger partial charge in [-0.05, 0) is 24.3 Å². The number of rotatable bonds is 4. The fraction of sp³-hybridized carbons (Fsp3) is 0.0556. The fourth-order valence-electron chi connectivity index (χ4n) is 2.62. The quantitative estimate of drug-likeness (QED) is 0.286. The van der Waals surface area contributed by atoms with Crippen molar-refractivity contribution in [3.63, 3.8) is 0 Å². The molecule has 0 spiro atoms. The molecule has 4 aromatic rings. The summed E-state index contributed by atoms with van der Waals surface area (Å²) in [5.74, 6) is 0.369. The second kappa shape index (κ2) is 7.93. The lowest BCUT2D eigenvalue weighted by Crippen LogP contribution is -1.88. The summed E-state index contributed by atoms with van der Waals surface area (Å²) in [6, 6.07) is 10.5. The number of hydrogen-bond donors (Lipinski definition) is 0. The first-order valence-electron chi connectivity index (χ1n) is 7.76. The normalized spacial score (nSPS) is 11.4. The van der Waals surface area contributed by atoms with Gasteiger partial charge in [0.15, 0.2) is 4.84 Å². The zero-order valence-electron chi connectivity index (χ0n) is 13.7. The van der Waals surface area contributed by atoms with Gasteiger partial charge in [-0.2, -0.15) is 4.98 Å². The monoisotopic (exact) mass is 473 g/mol. The van der Waals surface area contributed by atoms with Crippen molar-refractivity contribution in [3.8, 4) is 33.8 Å². The van der Waals surface area contributed by atoms with Gasteiger partial charge < -0.3 is 9.05 Å². The number of aromatic nitrogens is 3. The van der Waals surface area contributed by atoms with Crippen molar-refractivity contribution >= 4 is 58.0 Å². The molecule has 4 rings (SSSR count). The summed E-state index contributed by atoms with van der Waals surface area (Å²) in [6.07, 6.45) is 1.51. The van der Waals surface area contributed by atoms with E-state index in [4.69, 9.17) is 67.1 Å². The van der Waals surface area contributed by atoms with Gasteiger partial charge in [0.05, 0.1) is 15.6 Å². The van der Waals surface area contributed by atoms with E-state index >= 15 is 0 Å². The van der Waals surface area contributed by atoms with Gasteiger partial charge in [0.2, 0.25) is 5.82 Å². The van der Waals surface area contributed by atoms with Crippen molar-refractivity contribution in [3.05, 3.63) is 63.6 Å². The van der Waals surface area contributed by atoms with E-state index in [0.717, 1.165) is 11.1 Å². The lowest BCUT2D eigenvalue weighted by atomic mass is 10.0. The molecule has 0 amide bonds. The van der Waals surface area contributed by atoms with Crippen LogP contribution in [0.1, 0.15) is 10.7 Å². The number of alkyl halides is 2. The highest BCUT2D eigenvalue weighted by Gasteiger charge is 2.19. The fourth-order valence-corrected chi connectivity index (χ4v) is 3.57. The van der Waals surface area contributed by atoms with E-state index in [2.05, 4.69) is 15.3 Å². The van der Waals surface area contributed by atoms with E-state index in [1.165, 1.54) is 6.26 Å². The molecule has 10 heteroatoms. The standard InChI is InChI=1S/C18H8Cl5N3O2/c19-9-2-4-10(14(21)6-9)12-7-27-25-15(12)8-1-3-11(13(20)5-8)17-24-18(16(22)23)28-26-17/h1-7,16H. The van der Waals surface area contributed by atoms with Gasteiger partial charge in [-0.3, -0.25) is 0 Å². The van der Waals surface area contributed by atoms with Crippen molar-refractivity contribution in [2.45, 2.75) is 4.84 Å². The maximum Gasteiger partial charge on any atom is 0.260 e. The molecule has 0 bridgehead atoms. The third kappa shape index (κ3) is 3.73. The molecule has 0 atom stereocenters. The molecule has 28 heavy (non-hydrogen) atoms. The average molecular weight is 476 g/mol. The summed E-state index contributed by atoms with van der Waals surface area (Å²) in [5.41, 5.74) is 3.30. The van der Waals surface area contributed by atoms with Crippen LogP contribution in [0, 0.1) is 0 Å². The zero-order valence-corrected chi connectivity index (χ0v) is 17.4. The van der Waals surface area contributed by atoms with Crippen LogP contribution in [0.15, 0.2) is 51.7 Å². The van der Waals surface area contributed by atoms with Crippen molar-refractivity contribution in [1.82, 2.24) is 15.3 Å². The minimum atomic E-state index is -0.916. The molecule has 0 saturated carbocycles. The van der Waals surface area contributed by atoms with Gasteiger partial charge in [0.1, 0.15) is 12.0 Å². The van der Waals surface area contributed by atoms with E-state index < -0.39 is 4.84 Å². The summed E-state index contributed by atoms with van der Waals surface area (Å²) in [5, 5.41) is 9.34. The minimum Gasteiger partial charge on any atom is -0.363 e. The summed E-state index contributed by atoms with van der Waals surface area (Å²) in [4.78, 5) is 3.21. The van der Waals surface area contributed by atoms with Crippen molar-refractivity contribution in [1.29, 1.82) is 0 Å². The molecule has 0 aliphatic carbocycles. The topological polar surface area (TPSA) is 65.0 Å². The third-order valence-corrected chi connectivity index (χ3v) is 5.14. The summed E-state index contributed by atoms with van der Waals surface area (Å²) in [6.45, 7) is 0. The second-order valence-corrected chi connectivity index (χ2v) is 8.00. The molecular weight excluding hydrogens is 467 g/mol. The molecule has 0 aliphatic heterocycles. The largest absolute Gasteiger partial charge is 0.363 e. The predicted octanol–water partition coefficient (Wildman–Crippen LogP) is 7.50. The van der Waals surface area contributed by atoms with Crippen LogP contribution in [0.5, 0.6) is 0 Å². The number of benzene rings is 2. The number of hydrogen-bond acceptors (Lipinski definition) is 5. The van der Waals surface area contributed by atoms with Gasteiger partial charge in [0.25, 0.3) is 5.89 Å². The highest BCUT2D eigenvalue weighted by atomic mass is 35.5. The van der Waals surface area contributed by atoms with Gasteiger partial charge >= 0.3 is 0 Å². The van der Waals surface area contributed by atoms with Crippen LogP contribution < -0.4 is 0 Å². The third-order valence-electron chi connectivity index (χ3n) is 3.90. The summed E-state index contributed by atoms with van der Waals surface area (Å²) in [7, 11) is 0. The van der Waals surface area contributed by atoms with E-state index in [9.17, 15) is 0 Å². The van der Waals surface area contributed by atoms with Crippen LogP contribution in [0.2, 0.25) is 15.1 Å². The molecule has 2 aromatic carbocycles. The molecule has 0 aliphatic rings. The van der Waals surface area contributed by atoms with Crippen LogP contribution in [-0.2, 0) is 0 Å². The van der Waals surface area contributed by atoms with Crippen LogP contribution in [0.3, 0.4) is 0 Å². The highest BCUT2D eigenvalue weighted by Crippen LogP contribution is 2.38. The number of nitrogens with zero attached hydrogens (tertiary/aromatic N) is 3. The minimum absolute atomic E-state index is 0.0923. The molecule has 0 N–H and O–H groups in total. The maximum atomic E-state index is 6.43. The van der Waals surface area contributed by atoms with Crippen LogP contribution in [0.4, 0.5) is 0 Å². The Balaban J connectivity index is 1.74. The highest BCUT2D eigenvalue weighted by molar-refractivity contribution is 6.43. The van der Waals surface area contributed by atoms with Gasteiger partial charge in [-0.1, -0.05) is 80.5 Å². The summed E-state index contributed by atoms with van der Waals surface area (Å²) >= 11 is 30.2. The van der Waals surface area contributed by atoms with Gasteiger partial charge in [0, 0.05) is 21.7 Å². The Morgan fingerprint density at radius 2 is 1.57 bits per heavy atom. The lowest BCUT2D eigenvalue weighted by molar-refractivity contribution is 0.388. The lowest BCUT2D eigenvalue weighted by Gasteiger charge is -2.06. The van der Waals surface area contributed by atoms with Crippen LogP contribution >= 0.6 is 58.0 Å². The van der Waals surface area contributed by atoms with Gasteiger partial charge in [-0.25, -0.2) is 0 Å². The molecule has 142 valence electrons. The Morgan fingerprint density at radius 3 is 2.25 bits per heavy atom. The van der Waals surface area contributed by atoms with Crippen LogP contribution in [-0.4, -0.2) is 15.3 Å². The van der Waals surface area contributed by atoms with E-state index in [1.54, 1.807) is 36.4 Å². The second-order valence-electron chi connectivity index (χ2n) is 5.65. The van der Waals surface area contributed by atoms with E-state index in [1.807, 2.05) is 0 Å². The first-order valence-corrected chi connectivity index (χ1v) is 9.76. The van der Waals surface area contributed by atoms with Crippen LogP contribution in [0.25, 0.3) is 33.8 Å². The molecular formula is C18H8Cl5N3O2. The van der Waals surface area contributed by atoms with Crippen molar-refractivity contribution in [2.75, 3.05) is 0 Å². The summed E-state index contributed by atoms with van der Waals surface area (Å²) < 4.78 is 10.2. The number of halogens is 5. The van der Waals surface area contributed by atoms with Crippen molar-refractivity contribution < 1.29 is 9.05 Å². The molecule has 5 nitrogen and oxygen atoms in total. The zero-order chi connectivity index (χ0) is 19.8.